The van der Waals surface area contributed by atoms with Gasteiger partial charge in [0.2, 0.25) is 16.0 Å². The quantitative estimate of drug-likeness (QED) is 0.836. The van der Waals surface area contributed by atoms with E-state index in [4.69, 9.17) is 5.73 Å². The monoisotopic (exact) mass is 351 g/mol. The van der Waals surface area contributed by atoms with Crippen LogP contribution in [0.15, 0.2) is 20.9 Å². The van der Waals surface area contributed by atoms with Gasteiger partial charge in [0.1, 0.15) is 10.8 Å². The van der Waals surface area contributed by atoms with Gasteiger partial charge in [0.05, 0.1) is 0 Å². The van der Waals surface area contributed by atoms with Crippen molar-refractivity contribution < 1.29 is 8.42 Å². The molecule has 100 valence electrons. The molecule has 18 heavy (non-hydrogen) atoms. The number of hydrogen-bond donors (Lipinski definition) is 1. The average molecular weight is 352 g/mol. The molecule has 2 heterocycles. The van der Waals surface area contributed by atoms with Crippen molar-refractivity contribution in [2.75, 3.05) is 7.05 Å². The van der Waals surface area contributed by atoms with Crippen LogP contribution in [0.3, 0.4) is 0 Å². The fraction of sp³-hybridized carbons (Fsp3) is 0.500. The Morgan fingerprint density at radius 2 is 2.22 bits per heavy atom. The summed E-state index contributed by atoms with van der Waals surface area (Å²) in [6, 6.07) is 1.89. The normalized spacial score (nSPS) is 31.2. The molecule has 0 bridgehead atoms. The predicted octanol–water partition coefficient (Wildman–Crippen LogP) is 1.70. The number of sulfonamides is 1. The van der Waals surface area contributed by atoms with E-state index in [-0.39, 0.29) is 5.96 Å². The van der Waals surface area contributed by atoms with E-state index in [1.54, 1.807) is 13.8 Å². The van der Waals surface area contributed by atoms with Gasteiger partial charge in [0, 0.05) is 21.8 Å². The molecule has 0 spiro atoms. The van der Waals surface area contributed by atoms with E-state index in [0.717, 1.165) is 13.7 Å². The molecule has 1 aromatic heterocycles. The number of hydrogen-bond acceptors (Lipinski definition) is 5. The van der Waals surface area contributed by atoms with Gasteiger partial charge < -0.3 is 5.73 Å². The van der Waals surface area contributed by atoms with E-state index in [1.807, 2.05) is 11.4 Å². The molecular formula is C10H14BrN3O2S2. The minimum Gasteiger partial charge on any atom is -0.369 e. The van der Waals surface area contributed by atoms with Crippen molar-refractivity contribution in [3.63, 3.8) is 0 Å². The second kappa shape index (κ2) is 4.21. The van der Waals surface area contributed by atoms with Gasteiger partial charge in [0.15, 0.2) is 0 Å². The van der Waals surface area contributed by atoms with E-state index >= 15 is 0 Å². The zero-order valence-electron chi connectivity index (χ0n) is 10.2. The van der Waals surface area contributed by atoms with E-state index in [2.05, 4.69) is 20.9 Å². The lowest BCUT2D eigenvalue weighted by molar-refractivity contribution is 0.427. The molecule has 0 aliphatic carbocycles. The topological polar surface area (TPSA) is 75.8 Å². The third-order valence-electron chi connectivity index (χ3n) is 3.36. The maximum absolute atomic E-state index is 12.3. The summed E-state index contributed by atoms with van der Waals surface area (Å²) in [7, 11) is -2.04. The van der Waals surface area contributed by atoms with Crippen LogP contribution in [0.4, 0.5) is 0 Å². The first kappa shape index (κ1) is 13.8. The first-order valence-corrected chi connectivity index (χ1v) is 8.45. The zero-order valence-corrected chi connectivity index (χ0v) is 13.4. The Hall–Kier alpha value is -0.600. The van der Waals surface area contributed by atoms with E-state index < -0.39 is 20.8 Å². The highest BCUT2D eigenvalue weighted by molar-refractivity contribution is 9.10. The average Bonchev–Trinajstić information content (AvgIpc) is 2.72. The molecule has 0 saturated carbocycles. The minimum atomic E-state index is -3.47. The standard InChI is InChI=1S/C10H14BrN3O2S2/c1-6-10(2,8-4-7(11)5-17-8)13-9(12)14(3)18(6,15)16/h4-6H,1-3H3,(H2,12,13)/t6-,10-/m0/s1. The van der Waals surface area contributed by atoms with Crippen LogP contribution in [0, 0.1) is 0 Å². The van der Waals surface area contributed by atoms with Crippen LogP contribution in [-0.4, -0.2) is 31.0 Å². The Balaban J connectivity index is 2.64. The Labute approximate surface area is 119 Å². The van der Waals surface area contributed by atoms with Crippen LogP contribution in [0.2, 0.25) is 0 Å². The Kier molecular flexibility index (Phi) is 3.23. The number of nitrogens with two attached hydrogens (primary N) is 1. The number of aliphatic imine (C=N–C) groups is 1. The van der Waals surface area contributed by atoms with Gasteiger partial charge in [-0.25, -0.2) is 17.7 Å². The molecular weight excluding hydrogens is 338 g/mol. The molecule has 2 rings (SSSR count). The minimum absolute atomic E-state index is 0.0279. The third kappa shape index (κ3) is 1.86. The molecule has 0 saturated heterocycles. The summed E-state index contributed by atoms with van der Waals surface area (Å²) in [4.78, 5) is 5.26. The summed E-state index contributed by atoms with van der Waals surface area (Å²) in [5.74, 6) is 0.0279. The lowest BCUT2D eigenvalue weighted by Gasteiger charge is -2.38. The molecule has 2 N–H and O–H groups in total. The molecule has 8 heteroatoms. The van der Waals surface area contributed by atoms with Crippen molar-refractivity contribution in [1.29, 1.82) is 0 Å². The second-order valence-electron chi connectivity index (χ2n) is 4.40. The van der Waals surface area contributed by atoms with Crippen molar-refractivity contribution in [1.82, 2.24) is 4.31 Å². The summed E-state index contributed by atoms with van der Waals surface area (Å²) in [6.07, 6.45) is 0. The summed E-state index contributed by atoms with van der Waals surface area (Å²) in [6.45, 7) is 3.46. The van der Waals surface area contributed by atoms with E-state index in [1.165, 1.54) is 18.4 Å². The zero-order chi connectivity index (χ0) is 13.7. The van der Waals surface area contributed by atoms with Crippen molar-refractivity contribution in [2.24, 2.45) is 10.7 Å². The number of thiophene rings is 1. The number of nitrogens with zero attached hydrogens (tertiary/aromatic N) is 2. The van der Waals surface area contributed by atoms with E-state index in [9.17, 15) is 8.42 Å². The largest absolute Gasteiger partial charge is 0.369 e. The summed E-state index contributed by atoms with van der Waals surface area (Å²) < 4.78 is 26.5. The highest BCUT2D eigenvalue weighted by Crippen LogP contribution is 2.41. The van der Waals surface area contributed by atoms with Crippen LogP contribution in [-0.2, 0) is 15.6 Å². The van der Waals surface area contributed by atoms with Crippen molar-refractivity contribution >= 4 is 43.2 Å². The molecule has 0 radical (unpaired) electrons. The van der Waals surface area contributed by atoms with Gasteiger partial charge in [-0.15, -0.1) is 11.3 Å². The van der Waals surface area contributed by atoms with Crippen LogP contribution in [0.1, 0.15) is 18.7 Å². The number of halogens is 1. The summed E-state index contributed by atoms with van der Waals surface area (Å²) in [5.41, 5.74) is 4.88. The van der Waals surface area contributed by atoms with Crippen molar-refractivity contribution in [3.8, 4) is 0 Å². The molecule has 5 nitrogen and oxygen atoms in total. The fourth-order valence-electron chi connectivity index (χ4n) is 1.89. The molecule has 0 fully saturated rings. The molecule has 0 unspecified atom stereocenters. The van der Waals surface area contributed by atoms with Gasteiger partial charge >= 0.3 is 0 Å². The second-order valence-corrected chi connectivity index (χ2v) is 8.51. The molecule has 1 aliphatic rings. The molecule has 1 aromatic rings. The van der Waals surface area contributed by atoms with Crippen molar-refractivity contribution in [3.05, 3.63) is 20.8 Å². The maximum Gasteiger partial charge on any atom is 0.242 e. The molecule has 2 atom stereocenters. The first-order chi connectivity index (χ1) is 8.19. The van der Waals surface area contributed by atoms with Crippen LogP contribution < -0.4 is 5.73 Å². The Bertz CT molecular complexity index is 610. The molecule has 0 amide bonds. The van der Waals surface area contributed by atoms with Crippen LogP contribution in [0.25, 0.3) is 0 Å². The predicted molar refractivity (Wildman–Crippen MR) is 77.1 cm³/mol. The summed E-state index contributed by atoms with van der Waals surface area (Å²) in [5, 5.41) is 1.25. The number of guanidine groups is 1. The molecule has 0 aromatic carbocycles. The highest BCUT2D eigenvalue weighted by Gasteiger charge is 2.48. The maximum atomic E-state index is 12.3. The fourth-order valence-corrected chi connectivity index (χ4v) is 5.13. The summed E-state index contributed by atoms with van der Waals surface area (Å²) >= 11 is 4.84. The van der Waals surface area contributed by atoms with Gasteiger partial charge in [-0.2, -0.15) is 0 Å². The highest BCUT2D eigenvalue weighted by atomic mass is 79.9. The first-order valence-electron chi connectivity index (χ1n) is 5.27. The SMILES string of the molecule is C[C@H]1[C@@](C)(c2cc(Br)cs2)N=C(N)N(C)S1(=O)=O. The van der Waals surface area contributed by atoms with Gasteiger partial charge in [-0.1, -0.05) is 0 Å². The van der Waals surface area contributed by atoms with Crippen LogP contribution >= 0.6 is 27.3 Å². The van der Waals surface area contributed by atoms with E-state index in [0.29, 0.717) is 0 Å². The van der Waals surface area contributed by atoms with Crippen LogP contribution in [0.5, 0.6) is 0 Å². The lowest BCUT2D eigenvalue weighted by Crippen LogP contribution is -2.54. The lowest BCUT2D eigenvalue weighted by atomic mass is 9.97. The Morgan fingerprint density at radius 3 is 2.72 bits per heavy atom. The third-order valence-corrected chi connectivity index (χ3v) is 7.58. The number of rotatable bonds is 1. The van der Waals surface area contributed by atoms with Gasteiger partial charge in [-0.3, -0.25) is 0 Å². The van der Waals surface area contributed by atoms with Gasteiger partial charge in [-0.05, 0) is 35.8 Å². The van der Waals surface area contributed by atoms with Crippen molar-refractivity contribution in [2.45, 2.75) is 24.6 Å². The molecule has 1 aliphatic heterocycles. The Morgan fingerprint density at radius 1 is 1.61 bits per heavy atom. The smallest absolute Gasteiger partial charge is 0.242 e. The van der Waals surface area contributed by atoms with Gasteiger partial charge in [0.25, 0.3) is 0 Å².